The molecule has 37 heavy (non-hydrogen) atoms. The second-order valence-electron chi connectivity index (χ2n) is 9.82. The van der Waals surface area contributed by atoms with Crippen molar-refractivity contribution in [2.75, 3.05) is 7.11 Å². The van der Waals surface area contributed by atoms with Crippen LogP contribution in [0.1, 0.15) is 36.7 Å². The van der Waals surface area contributed by atoms with Gasteiger partial charge in [-0.3, -0.25) is 0 Å². The zero-order valence-corrected chi connectivity index (χ0v) is 22.0. The molecule has 5 aromatic rings. The number of aryl methyl sites for hydroxylation is 1. The quantitative estimate of drug-likeness (QED) is 0.300. The molecular formula is C28H27N3O5S. The summed E-state index contributed by atoms with van der Waals surface area (Å²) < 4.78 is 40.4. The maximum Gasteiger partial charge on any atom is 0.339 e. The molecule has 9 heteroatoms. The van der Waals surface area contributed by atoms with Gasteiger partial charge in [0.2, 0.25) is 0 Å². The number of pyridine rings is 1. The van der Waals surface area contributed by atoms with Crippen LogP contribution in [0.15, 0.2) is 71.9 Å². The van der Waals surface area contributed by atoms with E-state index < -0.39 is 21.6 Å². The van der Waals surface area contributed by atoms with E-state index >= 15 is 0 Å². The number of nitrogens with one attached hydrogen (secondary N) is 1. The summed E-state index contributed by atoms with van der Waals surface area (Å²) >= 11 is 0. The number of rotatable bonds is 5. The molecule has 0 aliphatic rings. The molecule has 2 aromatic carbocycles. The molecule has 0 aliphatic heterocycles. The van der Waals surface area contributed by atoms with Crippen LogP contribution in [-0.2, 0) is 14.8 Å². The van der Waals surface area contributed by atoms with Gasteiger partial charge < -0.3 is 14.5 Å². The number of ether oxygens (including phenoxy) is 2. The summed E-state index contributed by atoms with van der Waals surface area (Å²) in [6.07, 6.45) is 3.16. The van der Waals surface area contributed by atoms with Gasteiger partial charge in [0.1, 0.15) is 11.4 Å². The number of aromatic amines is 1. The standard InChI is InChI=1S/C28H27N3O5S/c1-17-6-9-19(10-7-17)37(33,34)31-25(23-16-30-24-11-8-18(35-5)14-21(23)24)15-22-20(12-13-29-26(22)31)27(32)36-28(2,3)4/h6-16,30H,1-5H3. The lowest BCUT2D eigenvalue weighted by atomic mass is 10.1. The number of carbonyl (C=O) groups is 1. The molecule has 3 aromatic heterocycles. The van der Waals surface area contributed by atoms with Crippen LogP contribution in [0.5, 0.6) is 5.75 Å². The predicted octanol–water partition coefficient (Wildman–Crippen LogP) is 5.69. The molecule has 0 radical (unpaired) electrons. The lowest BCUT2D eigenvalue weighted by molar-refractivity contribution is 0.00717. The summed E-state index contributed by atoms with van der Waals surface area (Å²) in [4.78, 5) is 20.8. The van der Waals surface area contributed by atoms with E-state index in [4.69, 9.17) is 9.47 Å². The Bertz CT molecular complexity index is 1760. The van der Waals surface area contributed by atoms with Crippen LogP contribution >= 0.6 is 0 Å². The molecule has 0 bridgehead atoms. The molecule has 1 N–H and O–H groups in total. The normalized spacial score (nSPS) is 12.2. The Morgan fingerprint density at radius 3 is 2.41 bits per heavy atom. The van der Waals surface area contributed by atoms with Gasteiger partial charge >= 0.3 is 5.97 Å². The average molecular weight is 518 g/mol. The monoisotopic (exact) mass is 517 g/mol. The highest BCUT2D eigenvalue weighted by Gasteiger charge is 2.29. The molecule has 8 nitrogen and oxygen atoms in total. The third-order valence-electron chi connectivity index (χ3n) is 6.00. The largest absolute Gasteiger partial charge is 0.497 e. The first-order chi connectivity index (χ1) is 17.5. The predicted molar refractivity (Wildman–Crippen MR) is 143 cm³/mol. The van der Waals surface area contributed by atoms with E-state index in [2.05, 4.69) is 9.97 Å². The molecule has 0 unspecified atom stereocenters. The topological polar surface area (TPSA) is 103 Å². The van der Waals surface area contributed by atoms with Gasteiger partial charge in [0, 0.05) is 34.2 Å². The van der Waals surface area contributed by atoms with Crippen LogP contribution < -0.4 is 4.74 Å². The molecule has 0 saturated heterocycles. The van der Waals surface area contributed by atoms with E-state index in [1.165, 1.54) is 10.2 Å². The molecule has 0 aliphatic carbocycles. The minimum atomic E-state index is -4.10. The number of H-pyrrole nitrogens is 1. The number of esters is 1. The van der Waals surface area contributed by atoms with Gasteiger partial charge in [-0.05, 0) is 70.2 Å². The fraction of sp³-hybridized carbons (Fsp3) is 0.214. The summed E-state index contributed by atoms with van der Waals surface area (Å²) in [6, 6.07) is 15.4. The first-order valence-corrected chi connectivity index (χ1v) is 13.1. The Hall–Kier alpha value is -4.11. The third kappa shape index (κ3) is 4.35. The van der Waals surface area contributed by atoms with E-state index in [0.717, 1.165) is 16.5 Å². The smallest absolute Gasteiger partial charge is 0.339 e. The van der Waals surface area contributed by atoms with Crippen LogP contribution in [0.2, 0.25) is 0 Å². The van der Waals surface area contributed by atoms with Crippen molar-refractivity contribution in [2.24, 2.45) is 0 Å². The van der Waals surface area contributed by atoms with Gasteiger partial charge in [-0.15, -0.1) is 0 Å². The fourth-order valence-electron chi connectivity index (χ4n) is 4.27. The van der Waals surface area contributed by atoms with E-state index in [1.54, 1.807) is 70.5 Å². The molecule has 3 heterocycles. The molecule has 5 rings (SSSR count). The summed E-state index contributed by atoms with van der Waals surface area (Å²) in [5.74, 6) is 0.0712. The molecule has 190 valence electrons. The summed E-state index contributed by atoms with van der Waals surface area (Å²) in [5.41, 5.74) is 2.37. The van der Waals surface area contributed by atoms with Crippen LogP contribution in [0.25, 0.3) is 33.2 Å². The van der Waals surface area contributed by atoms with Gasteiger partial charge in [0.05, 0.1) is 23.3 Å². The first kappa shape index (κ1) is 24.6. The number of aromatic nitrogens is 3. The first-order valence-electron chi connectivity index (χ1n) is 11.7. The zero-order chi connectivity index (χ0) is 26.5. The zero-order valence-electron chi connectivity index (χ0n) is 21.2. The van der Waals surface area contributed by atoms with Crippen molar-refractivity contribution in [3.63, 3.8) is 0 Å². The lowest BCUT2D eigenvalue weighted by Crippen LogP contribution is -2.24. The van der Waals surface area contributed by atoms with Crippen LogP contribution in [0.3, 0.4) is 0 Å². The Kier molecular flexibility index (Phi) is 5.83. The van der Waals surface area contributed by atoms with Crippen molar-refractivity contribution in [1.29, 1.82) is 0 Å². The Labute approximate surface area is 214 Å². The highest BCUT2D eigenvalue weighted by atomic mass is 32.2. The van der Waals surface area contributed by atoms with Crippen LogP contribution in [-0.4, -0.2) is 41.0 Å². The van der Waals surface area contributed by atoms with E-state index in [9.17, 15) is 13.2 Å². The summed E-state index contributed by atoms with van der Waals surface area (Å²) in [7, 11) is -2.53. The van der Waals surface area contributed by atoms with Crippen molar-refractivity contribution in [3.8, 4) is 17.0 Å². The average Bonchev–Trinajstić information content (AvgIpc) is 3.44. The van der Waals surface area contributed by atoms with Gasteiger partial charge in [0.25, 0.3) is 10.0 Å². The van der Waals surface area contributed by atoms with Crippen molar-refractivity contribution >= 4 is 37.9 Å². The number of hydrogen-bond acceptors (Lipinski definition) is 6. The van der Waals surface area contributed by atoms with Gasteiger partial charge in [-0.1, -0.05) is 17.7 Å². The second kappa shape index (κ2) is 8.77. The van der Waals surface area contributed by atoms with Crippen LogP contribution in [0, 0.1) is 6.92 Å². The Morgan fingerprint density at radius 2 is 1.73 bits per heavy atom. The minimum Gasteiger partial charge on any atom is -0.497 e. The number of carbonyl (C=O) groups excluding carboxylic acids is 1. The number of nitrogens with zero attached hydrogens (tertiary/aromatic N) is 2. The van der Waals surface area contributed by atoms with Crippen molar-refractivity contribution < 1.29 is 22.7 Å². The number of benzene rings is 2. The molecule has 0 saturated carbocycles. The highest BCUT2D eigenvalue weighted by molar-refractivity contribution is 7.90. The van der Waals surface area contributed by atoms with Gasteiger partial charge in [0.15, 0.2) is 5.65 Å². The van der Waals surface area contributed by atoms with Gasteiger partial charge in [-0.2, -0.15) is 0 Å². The highest BCUT2D eigenvalue weighted by Crippen LogP contribution is 2.37. The fourth-order valence-corrected chi connectivity index (χ4v) is 5.75. The molecule has 0 amide bonds. The van der Waals surface area contributed by atoms with Crippen molar-refractivity contribution in [2.45, 2.75) is 38.2 Å². The second-order valence-corrected chi connectivity index (χ2v) is 11.6. The lowest BCUT2D eigenvalue weighted by Gasteiger charge is -2.19. The maximum atomic E-state index is 14.1. The molecule has 0 spiro atoms. The van der Waals surface area contributed by atoms with Crippen molar-refractivity contribution in [3.05, 3.63) is 78.1 Å². The van der Waals surface area contributed by atoms with E-state index in [-0.39, 0.29) is 16.1 Å². The maximum absolute atomic E-state index is 14.1. The number of hydrogen-bond donors (Lipinski definition) is 1. The third-order valence-corrected chi connectivity index (χ3v) is 7.72. The van der Waals surface area contributed by atoms with E-state index in [1.807, 2.05) is 25.1 Å². The Balaban J connectivity index is 1.84. The minimum absolute atomic E-state index is 0.110. The van der Waals surface area contributed by atoms with Crippen LogP contribution in [0.4, 0.5) is 0 Å². The molecule has 0 fully saturated rings. The molecular weight excluding hydrogens is 490 g/mol. The van der Waals surface area contributed by atoms with Gasteiger partial charge in [-0.25, -0.2) is 22.2 Å². The number of methoxy groups -OCH3 is 1. The molecule has 0 atom stereocenters. The SMILES string of the molecule is COc1ccc2[nH]cc(-c3cc4c(C(=O)OC(C)(C)C)ccnc4n3S(=O)(=O)c3ccc(C)cc3)c2c1. The van der Waals surface area contributed by atoms with E-state index in [0.29, 0.717) is 22.4 Å². The van der Waals surface area contributed by atoms with Crippen molar-refractivity contribution in [1.82, 2.24) is 13.9 Å². The summed E-state index contributed by atoms with van der Waals surface area (Å²) in [6.45, 7) is 7.23. The number of fused-ring (bicyclic) bond motifs is 2. The Morgan fingerprint density at radius 1 is 1.00 bits per heavy atom. The summed E-state index contributed by atoms with van der Waals surface area (Å²) in [5, 5.41) is 1.14.